The van der Waals surface area contributed by atoms with Gasteiger partial charge in [-0.2, -0.15) is 10.2 Å². The van der Waals surface area contributed by atoms with E-state index in [4.69, 9.17) is 4.74 Å². The Balaban J connectivity index is 1.66. The van der Waals surface area contributed by atoms with Gasteiger partial charge in [0.15, 0.2) is 0 Å². The van der Waals surface area contributed by atoms with Crippen molar-refractivity contribution in [2.75, 3.05) is 12.4 Å². The quantitative estimate of drug-likeness (QED) is 0.549. The highest BCUT2D eigenvalue weighted by Crippen LogP contribution is 2.18. The average Bonchev–Trinajstić information content (AvgIpc) is 3.19. The van der Waals surface area contributed by atoms with Gasteiger partial charge in [-0.05, 0) is 55.5 Å². The Labute approximate surface area is 170 Å². The highest BCUT2D eigenvalue weighted by Gasteiger charge is 2.16. The van der Waals surface area contributed by atoms with Crippen molar-refractivity contribution in [3.05, 3.63) is 76.6 Å². The normalized spacial score (nSPS) is 10.9. The third kappa shape index (κ3) is 3.64. The van der Waals surface area contributed by atoms with Gasteiger partial charge in [-0.3, -0.25) is 9.59 Å². The fraction of sp³-hybridized carbons (Fsp3) is 0.143. The van der Waals surface area contributed by atoms with Gasteiger partial charge in [0.05, 0.1) is 24.7 Å². The standard InChI is InChI=1S/C21H18FN5O3/c1-13-18-11-23-27(16-7-3-14(22)4-8-16)20(18)21(29)26(25-13)12-19(28)24-15-5-9-17(30-2)10-6-15/h3-11H,12H2,1-2H3,(H,24,28). The first kappa shape index (κ1) is 19.3. The summed E-state index contributed by atoms with van der Waals surface area (Å²) >= 11 is 0. The third-order valence-electron chi connectivity index (χ3n) is 4.61. The lowest BCUT2D eigenvalue weighted by Gasteiger charge is -2.10. The molecule has 30 heavy (non-hydrogen) atoms. The highest BCUT2D eigenvalue weighted by molar-refractivity contribution is 5.90. The van der Waals surface area contributed by atoms with Crippen molar-refractivity contribution in [2.45, 2.75) is 13.5 Å². The maximum atomic E-state index is 13.3. The maximum absolute atomic E-state index is 13.3. The number of aryl methyl sites for hydroxylation is 1. The molecule has 0 aliphatic carbocycles. The van der Waals surface area contributed by atoms with Gasteiger partial charge in [-0.15, -0.1) is 0 Å². The Morgan fingerprint density at radius 2 is 1.83 bits per heavy atom. The zero-order valence-electron chi connectivity index (χ0n) is 16.3. The molecule has 1 N–H and O–H groups in total. The predicted molar refractivity (Wildman–Crippen MR) is 109 cm³/mol. The molecule has 0 atom stereocenters. The van der Waals surface area contributed by atoms with Gasteiger partial charge in [-0.1, -0.05) is 0 Å². The number of nitrogens with one attached hydrogen (secondary N) is 1. The maximum Gasteiger partial charge on any atom is 0.293 e. The smallest absolute Gasteiger partial charge is 0.293 e. The summed E-state index contributed by atoms with van der Waals surface area (Å²) in [5.74, 6) is -0.122. The van der Waals surface area contributed by atoms with E-state index in [9.17, 15) is 14.0 Å². The number of hydrogen-bond acceptors (Lipinski definition) is 5. The Morgan fingerprint density at radius 1 is 1.13 bits per heavy atom. The fourth-order valence-electron chi connectivity index (χ4n) is 3.12. The van der Waals surface area contributed by atoms with Gasteiger partial charge >= 0.3 is 0 Å². The zero-order valence-corrected chi connectivity index (χ0v) is 16.3. The number of fused-ring (bicyclic) bond motifs is 1. The second-order valence-corrected chi connectivity index (χ2v) is 6.62. The van der Waals surface area contributed by atoms with Crippen molar-refractivity contribution in [3.63, 3.8) is 0 Å². The first-order valence-corrected chi connectivity index (χ1v) is 9.11. The first-order chi connectivity index (χ1) is 14.5. The number of nitrogens with zero attached hydrogens (tertiary/aromatic N) is 4. The number of aromatic nitrogens is 4. The molecule has 0 radical (unpaired) electrons. The molecule has 8 nitrogen and oxygen atoms in total. The molecule has 0 fully saturated rings. The van der Waals surface area contributed by atoms with E-state index in [1.807, 2.05) is 0 Å². The van der Waals surface area contributed by atoms with Crippen molar-refractivity contribution in [1.82, 2.24) is 19.6 Å². The number of carbonyl (C=O) groups is 1. The van der Waals surface area contributed by atoms with Crippen LogP contribution in [0, 0.1) is 12.7 Å². The molecular formula is C21H18FN5O3. The number of carbonyl (C=O) groups excluding carboxylic acids is 1. The molecule has 0 aliphatic rings. The van der Waals surface area contributed by atoms with E-state index < -0.39 is 11.5 Å². The first-order valence-electron chi connectivity index (χ1n) is 9.11. The molecule has 152 valence electrons. The van der Waals surface area contributed by atoms with Crippen LogP contribution >= 0.6 is 0 Å². The van der Waals surface area contributed by atoms with Crippen LogP contribution in [0.1, 0.15) is 5.69 Å². The van der Waals surface area contributed by atoms with E-state index in [1.54, 1.807) is 38.3 Å². The van der Waals surface area contributed by atoms with E-state index in [1.165, 1.54) is 35.1 Å². The SMILES string of the molecule is COc1ccc(NC(=O)Cn2nc(C)c3cnn(-c4ccc(F)cc4)c3c2=O)cc1. The third-order valence-corrected chi connectivity index (χ3v) is 4.61. The van der Waals surface area contributed by atoms with Crippen molar-refractivity contribution in [1.29, 1.82) is 0 Å². The second-order valence-electron chi connectivity index (χ2n) is 6.62. The van der Waals surface area contributed by atoms with E-state index in [0.717, 1.165) is 4.68 Å². The molecule has 0 bridgehead atoms. The van der Waals surface area contributed by atoms with Crippen molar-refractivity contribution < 1.29 is 13.9 Å². The molecule has 4 rings (SSSR count). The lowest BCUT2D eigenvalue weighted by molar-refractivity contribution is -0.117. The summed E-state index contributed by atoms with van der Waals surface area (Å²) in [4.78, 5) is 25.5. The number of rotatable bonds is 5. The van der Waals surface area contributed by atoms with Gasteiger partial charge < -0.3 is 10.1 Å². The molecule has 0 aliphatic heterocycles. The monoisotopic (exact) mass is 407 g/mol. The molecule has 9 heteroatoms. The van der Waals surface area contributed by atoms with Crippen LogP contribution in [0.2, 0.25) is 0 Å². The van der Waals surface area contributed by atoms with Crippen LogP contribution < -0.4 is 15.6 Å². The molecule has 2 heterocycles. The number of methoxy groups -OCH3 is 1. The highest BCUT2D eigenvalue weighted by atomic mass is 19.1. The predicted octanol–water partition coefficient (Wildman–Crippen LogP) is 2.68. The van der Waals surface area contributed by atoms with Crippen LogP contribution in [-0.2, 0) is 11.3 Å². The van der Waals surface area contributed by atoms with Crippen LogP contribution in [0.5, 0.6) is 5.75 Å². The molecule has 0 unspecified atom stereocenters. The Kier molecular flexibility index (Phi) is 5.01. The Hall–Kier alpha value is -4.01. The minimum absolute atomic E-state index is 0.268. The van der Waals surface area contributed by atoms with Gasteiger partial charge in [0.2, 0.25) is 5.91 Å². The molecular weight excluding hydrogens is 389 g/mol. The van der Waals surface area contributed by atoms with Crippen LogP contribution in [0.3, 0.4) is 0 Å². The zero-order chi connectivity index (χ0) is 21.3. The van der Waals surface area contributed by atoms with Crippen molar-refractivity contribution >= 4 is 22.5 Å². The summed E-state index contributed by atoms with van der Waals surface area (Å²) in [6.45, 7) is 1.46. The van der Waals surface area contributed by atoms with Crippen LogP contribution in [-0.4, -0.2) is 32.6 Å². The number of hydrogen-bond donors (Lipinski definition) is 1. The lowest BCUT2D eigenvalue weighted by atomic mass is 10.2. The second kappa shape index (κ2) is 7.78. The summed E-state index contributed by atoms with van der Waals surface area (Å²) in [6.07, 6.45) is 1.53. The van der Waals surface area contributed by atoms with E-state index in [-0.39, 0.29) is 17.9 Å². The summed E-state index contributed by atoms with van der Waals surface area (Å²) in [6, 6.07) is 12.5. The van der Waals surface area contributed by atoms with E-state index in [2.05, 4.69) is 15.5 Å². The number of anilines is 1. The van der Waals surface area contributed by atoms with Crippen LogP contribution in [0.25, 0.3) is 16.6 Å². The van der Waals surface area contributed by atoms with Crippen LogP contribution in [0.4, 0.5) is 10.1 Å². The number of benzene rings is 2. The largest absolute Gasteiger partial charge is 0.497 e. The Morgan fingerprint density at radius 3 is 2.50 bits per heavy atom. The molecule has 0 saturated carbocycles. The summed E-state index contributed by atoms with van der Waals surface area (Å²) in [5.41, 5.74) is 1.45. The number of halogens is 1. The molecule has 0 spiro atoms. The lowest BCUT2D eigenvalue weighted by Crippen LogP contribution is -2.31. The van der Waals surface area contributed by atoms with Gasteiger partial charge in [0.1, 0.15) is 23.6 Å². The molecule has 4 aromatic rings. The van der Waals surface area contributed by atoms with Crippen molar-refractivity contribution in [3.8, 4) is 11.4 Å². The summed E-state index contributed by atoms with van der Waals surface area (Å²) < 4.78 is 20.9. The molecule has 2 aromatic heterocycles. The van der Waals surface area contributed by atoms with E-state index in [0.29, 0.717) is 28.2 Å². The molecule has 0 saturated heterocycles. The van der Waals surface area contributed by atoms with Crippen LogP contribution in [0.15, 0.2) is 59.5 Å². The molecule has 1 amide bonds. The minimum atomic E-state index is -0.470. The Bertz CT molecular complexity index is 1280. The summed E-state index contributed by atoms with van der Waals surface area (Å²) in [7, 11) is 1.56. The average molecular weight is 407 g/mol. The molecule has 2 aromatic carbocycles. The van der Waals surface area contributed by atoms with Gasteiger partial charge in [0, 0.05) is 11.1 Å². The van der Waals surface area contributed by atoms with E-state index >= 15 is 0 Å². The van der Waals surface area contributed by atoms with Gasteiger partial charge in [-0.25, -0.2) is 13.8 Å². The topological polar surface area (TPSA) is 91.0 Å². The fourth-order valence-corrected chi connectivity index (χ4v) is 3.12. The van der Waals surface area contributed by atoms with Crippen molar-refractivity contribution in [2.24, 2.45) is 0 Å². The number of amides is 1. The number of ether oxygens (including phenoxy) is 1. The summed E-state index contributed by atoms with van der Waals surface area (Å²) in [5, 5.41) is 11.8. The van der Waals surface area contributed by atoms with Gasteiger partial charge in [0.25, 0.3) is 5.56 Å². The minimum Gasteiger partial charge on any atom is -0.497 e.